The first-order valence-electron chi connectivity index (χ1n) is 6.73. The van der Waals surface area contributed by atoms with Crippen molar-refractivity contribution in [3.8, 4) is 0 Å². The zero-order valence-corrected chi connectivity index (χ0v) is 11.4. The summed E-state index contributed by atoms with van der Waals surface area (Å²) in [6.07, 6.45) is 3.00. The Morgan fingerprint density at radius 2 is 1.88 bits per heavy atom. The molecule has 1 N–H and O–H groups in total. The van der Waals surface area contributed by atoms with Gasteiger partial charge in [0.15, 0.2) is 0 Å². The number of carbonyl (C=O) groups excluding carboxylic acids is 1. The summed E-state index contributed by atoms with van der Waals surface area (Å²) in [5.74, 6) is 0.245. The van der Waals surface area contributed by atoms with Crippen LogP contribution in [0.25, 0.3) is 0 Å². The Kier molecular flexibility index (Phi) is 5.92. The van der Waals surface area contributed by atoms with Gasteiger partial charge in [-0.05, 0) is 40.0 Å². The fourth-order valence-corrected chi connectivity index (χ4v) is 2.50. The monoisotopic (exact) mass is 242 g/mol. The molecular formula is C13H26N2O2. The Morgan fingerprint density at radius 1 is 1.29 bits per heavy atom. The fourth-order valence-electron chi connectivity index (χ4n) is 2.50. The number of amides is 1. The molecule has 0 saturated carbocycles. The lowest BCUT2D eigenvalue weighted by Gasteiger charge is -2.33. The third-order valence-electron chi connectivity index (χ3n) is 3.51. The van der Waals surface area contributed by atoms with Crippen LogP contribution >= 0.6 is 0 Å². The highest BCUT2D eigenvalue weighted by molar-refractivity contribution is 5.81. The second-order valence-electron chi connectivity index (χ2n) is 5.12. The molecule has 0 spiro atoms. The van der Waals surface area contributed by atoms with E-state index in [4.69, 9.17) is 5.11 Å². The molecule has 1 fully saturated rings. The third kappa shape index (κ3) is 3.96. The van der Waals surface area contributed by atoms with Crippen molar-refractivity contribution in [3.05, 3.63) is 0 Å². The molecule has 4 nitrogen and oxygen atoms in total. The molecule has 0 aromatic carbocycles. The molecule has 0 aromatic rings. The van der Waals surface area contributed by atoms with Gasteiger partial charge in [-0.3, -0.25) is 9.69 Å². The molecule has 4 heteroatoms. The molecule has 100 valence electrons. The average molecular weight is 242 g/mol. The number of hydrogen-bond acceptors (Lipinski definition) is 3. The van der Waals surface area contributed by atoms with Gasteiger partial charge in [0.25, 0.3) is 0 Å². The predicted octanol–water partition coefficient (Wildman–Crippen LogP) is 1.09. The van der Waals surface area contributed by atoms with Crippen LogP contribution in [0.3, 0.4) is 0 Å². The highest BCUT2D eigenvalue weighted by atomic mass is 16.3. The van der Waals surface area contributed by atoms with Crippen LogP contribution in [-0.4, -0.2) is 59.1 Å². The molecule has 0 radical (unpaired) electrons. The van der Waals surface area contributed by atoms with Crippen molar-refractivity contribution >= 4 is 5.91 Å². The van der Waals surface area contributed by atoms with E-state index in [9.17, 15) is 4.79 Å². The second kappa shape index (κ2) is 6.97. The summed E-state index contributed by atoms with van der Waals surface area (Å²) in [7, 11) is 0. The number of likely N-dealkylation sites (tertiary alicyclic amines) is 1. The van der Waals surface area contributed by atoms with Crippen LogP contribution < -0.4 is 0 Å². The first-order valence-corrected chi connectivity index (χ1v) is 6.73. The van der Waals surface area contributed by atoms with Gasteiger partial charge in [0.05, 0.1) is 6.04 Å². The lowest BCUT2D eigenvalue weighted by molar-refractivity contribution is -0.136. The summed E-state index contributed by atoms with van der Waals surface area (Å²) in [6, 6.07) is 0.266. The van der Waals surface area contributed by atoms with Gasteiger partial charge >= 0.3 is 0 Å². The van der Waals surface area contributed by atoms with Crippen LogP contribution in [0.4, 0.5) is 0 Å². The maximum Gasteiger partial charge on any atom is 0.239 e. The first kappa shape index (κ1) is 14.5. The van der Waals surface area contributed by atoms with Crippen molar-refractivity contribution in [2.45, 2.75) is 52.1 Å². The van der Waals surface area contributed by atoms with Crippen molar-refractivity contribution in [2.24, 2.45) is 0 Å². The molecule has 0 aromatic heterocycles. The van der Waals surface area contributed by atoms with Crippen molar-refractivity contribution in [2.75, 3.05) is 26.2 Å². The van der Waals surface area contributed by atoms with Crippen LogP contribution in [0.5, 0.6) is 0 Å². The standard InChI is InChI=1S/C13H26N2O2/c1-11(2)15(9-6-10-16)12(3)13(17)14-7-4-5-8-14/h11-12,16H,4-10H2,1-3H3. The Labute approximate surface area is 105 Å². The Bertz CT molecular complexity index is 238. The largest absolute Gasteiger partial charge is 0.396 e. The van der Waals surface area contributed by atoms with E-state index in [0.717, 1.165) is 38.9 Å². The Hall–Kier alpha value is -0.610. The van der Waals surface area contributed by atoms with Crippen LogP contribution in [0.15, 0.2) is 0 Å². The molecule has 17 heavy (non-hydrogen) atoms. The van der Waals surface area contributed by atoms with Crippen LogP contribution in [0.1, 0.15) is 40.0 Å². The summed E-state index contributed by atoms with van der Waals surface area (Å²) in [6.45, 7) is 8.99. The Morgan fingerprint density at radius 3 is 2.35 bits per heavy atom. The van der Waals surface area contributed by atoms with Gasteiger partial charge in [0.2, 0.25) is 5.91 Å². The van der Waals surface area contributed by atoms with E-state index in [1.54, 1.807) is 0 Å². The first-order chi connectivity index (χ1) is 8.07. The zero-order valence-electron chi connectivity index (χ0n) is 11.4. The van der Waals surface area contributed by atoms with Gasteiger partial charge in [-0.25, -0.2) is 0 Å². The smallest absolute Gasteiger partial charge is 0.239 e. The molecule has 1 heterocycles. The van der Waals surface area contributed by atoms with E-state index in [2.05, 4.69) is 18.7 Å². The van der Waals surface area contributed by atoms with E-state index in [-0.39, 0.29) is 18.6 Å². The SMILES string of the molecule is CC(C)N(CCCO)C(C)C(=O)N1CCCC1. The third-order valence-corrected chi connectivity index (χ3v) is 3.51. The van der Waals surface area contributed by atoms with E-state index < -0.39 is 0 Å². The number of carbonyl (C=O) groups is 1. The lowest BCUT2D eigenvalue weighted by atomic mass is 10.1. The number of rotatable bonds is 6. The van der Waals surface area contributed by atoms with Crippen molar-refractivity contribution in [1.82, 2.24) is 9.80 Å². The fraction of sp³-hybridized carbons (Fsp3) is 0.923. The summed E-state index contributed by atoms with van der Waals surface area (Å²) >= 11 is 0. The number of aliphatic hydroxyl groups excluding tert-OH is 1. The minimum atomic E-state index is -0.0698. The quantitative estimate of drug-likeness (QED) is 0.758. The van der Waals surface area contributed by atoms with Gasteiger partial charge < -0.3 is 10.0 Å². The van der Waals surface area contributed by atoms with E-state index >= 15 is 0 Å². The second-order valence-corrected chi connectivity index (χ2v) is 5.12. The zero-order chi connectivity index (χ0) is 12.8. The van der Waals surface area contributed by atoms with Gasteiger partial charge in [-0.15, -0.1) is 0 Å². The molecule has 1 aliphatic rings. The normalized spacial score (nSPS) is 18.1. The maximum absolute atomic E-state index is 12.3. The molecule has 1 aliphatic heterocycles. The summed E-state index contributed by atoms with van der Waals surface area (Å²) < 4.78 is 0. The molecule has 1 unspecified atom stereocenters. The van der Waals surface area contributed by atoms with E-state index in [1.165, 1.54) is 0 Å². The molecule has 0 aliphatic carbocycles. The minimum Gasteiger partial charge on any atom is -0.396 e. The Balaban J connectivity index is 2.55. The highest BCUT2D eigenvalue weighted by Gasteiger charge is 2.28. The number of hydrogen-bond donors (Lipinski definition) is 1. The van der Waals surface area contributed by atoms with Crippen LogP contribution in [0.2, 0.25) is 0 Å². The summed E-state index contributed by atoms with van der Waals surface area (Å²) in [5, 5.41) is 8.91. The average Bonchev–Trinajstić information content (AvgIpc) is 2.81. The molecule has 1 rings (SSSR count). The van der Waals surface area contributed by atoms with Crippen molar-refractivity contribution < 1.29 is 9.90 Å². The number of aliphatic hydroxyl groups is 1. The molecule has 1 atom stereocenters. The molecular weight excluding hydrogens is 216 g/mol. The maximum atomic E-state index is 12.3. The molecule has 1 amide bonds. The molecule has 0 bridgehead atoms. The summed E-state index contributed by atoms with van der Waals surface area (Å²) in [5.41, 5.74) is 0. The predicted molar refractivity (Wildman–Crippen MR) is 68.8 cm³/mol. The van der Waals surface area contributed by atoms with Gasteiger partial charge in [-0.2, -0.15) is 0 Å². The van der Waals surface area contributed by atoms with E-state index in [0.29, 0.717) is 6.04 Å². The van der Waals surface area contributed by atoms with Crippen molar-refractivity contribution in [3.63, 3.8) is 0 Å². The van der Waals surface area contributed by atoms with E-state index in [1.807, 2.05) is 11.8 Å². The van der Waals surface area contributed by atoms with Gasteiger partial charge in [-0.1, -0.05) is 0 Å². The van der Waals surface area contributed by atoms with Crippen LogP contribution in [0, 0.1) is 0 Å². The van der Waals surface area contributed by atoms with Gasteiger partial charge in [0, 0.05) is 32.3 Å². The van der Waals surface area contributed by atoms with Gasteiger partial charge in [0.1, 0.15) is 0 Å². The highest BCUT2D eigenvalue weighted by Crippen LogP contribution is 2.14. The summed E-state index contributed by atoms with van der Waals surface area (Å²) in [4.78, 5) is 16.4. The molecule has 1 saturated heterocycles. The van der Waals surface area contributed by atoms with Crippen molar-refractivity contribution in [1.29, 1.82) is 0 Å². The number of nitrogens with zero attached hydrogens (tertiary/aromatic N) is 2. The minimum absolute atomic E-state index is 0.0698. The van der Waals surface area contributed by atoms with Crippen LogP contribution in [-0.2, 0) is 4.79 Å². The topological polar surface area (TPSA) is 43.8 Å². The lowest BCUT2D eigenvalue weighted by Crippen LogP contribution is -2.49.